The summed E-state index contributed by atoms with van der Waals surface area (Å²) < 4.78 is 24.8. The first-order valence-electron chi connectivity index (χ1n) is 16.0. The van der Waals surface area contributed by atoms with Crippen molar-refractivity contribution in [2.75, 3.05) is 19.6 Å². The van der Waals surface area contributed by atoms with E-state index < -0.39 is 0 Å². The summed E-state index contributed by atoms with van der Waals surface area (Å²) in [4.78, 5) is 15.6. The molecule has 0 radical (unpaired) electrons. The molecule has 5 aromatic rings. The zero-order valence-corrected chi connectivity index (χ0v) is 26.6. The summed E-state index contributed by atoms with van der Waals surface area (Å²) in [7, 11) is 0. The van der Waals surface area contributed by atoms with Crippen LogP contribution in [0.4, 0.5) is 0 Å². The molecular formula is C37H40N4O5. The third-order valence-electron chi connectivity index (χ3n) is 8.09. The van der Waals surface area contributed by atoms with E-state index in [0.29, 0.717) is 60.4 Å². The minimum absolute atomic E-state index is 0.110. The summed E-state index contributed by atoms with van der Waals surface area (Å²) >= 11 is 0. The predicted octanol–water partition coefficient (Wildman–Crippen LogP) is 7.62. The average Bonchev–Trinajstić information content (AvgIpc) is 3.85. The smallest absolute Gasteiger partial charge is 0.274 e. The van der Waals surface area contributed by atoms with Gasteiger partial charge in [-0.3, -0.25) is 9.69 Å². The van der Waals surface area contributed by atoms with Crippen LogP contribution in [0.3, 0.4) is 0 Å². The molecule has 1 aliphatic rings. The van der Waals surface area contributed by atoms with Crippen molar-refractivity contribution in [2.45, 2.75) is 59.3 Å². The Hall–Kier alpha value is -4.89. The van der Waals surface area contributed by atoms with E-state index in [9.17, 15) is 4.79 Å². The lowest BCUT2D eigenvalue weighted by Gasteiger charge is -2.19. The maximum absolute atomic E-state index is 13.3. The number of carbonyl (C=O) groups excluding carboxylic acids is 1. The number of aromatic nitrogens is 2. The first-order chi connectivity index (χ1) is 22.5. The molecule has 1 N–H and O–H groups in total. The average molecular weight is 621 g/mol. The number of rotatable bonds is 13. The van der Waals surface area contributed by atoms with Crippen molar-refractivity contribution in [3.05, 3.63) is 107 Å². The van der Waals surface area contributed by atoms with Gasteiger partial charge in [-0.2, -0.15) is 0 Å². The summed E-state index contributed by atoms with van der Waals surface area (Å²) in [6.07, 6.45) is 2.35. The molecule has 1 aliphatic heterocycles. The van der Waals surface area contributed by atoms with Crippen LogP contribution in [0.25, 0.3) is 22.6 Å². The fourth-order valence-corrected chi connectivity index (χ4v) is 5.70. The minimum Gasteiger partial charge on any atom is -0.488 e. The molecule has 0 saturated carbocycles. The third-order valence-corrected chi connectivity index (χ3v) is 8.09. The number of carbonyl (C=O) groups is 1. The number of hydrogen-bond acceptors (Lipinski definition) is 8. The molecule has 2 aromatic heterocycles. The van der Waals surface area contributed by atoms with Gasteiger partial charge >= 0.3 is 0 Å². The maximum Gasteiger partial charge on any atom is 0.274 e. The van der Waals surface area contributed by atoms with E-state index in [0.717, 1.165) is 35.5 Å². The van der Waals surface area contributed by atoms with Crippen LogP contribution >= 0.6 is 0 Å². The molecule has 1 amide bonds. The van der Waals surface area contributed by atoms with Gasteiger partial charge in [-0.15, -0.1) is 0 Å². The van der Waals surface area contributed by atoms with Gasteiger partial charge in [-0.05, 0) is 61.5 Å². The second-order valence-corrected chi connectivity index (χ2v) is 11.8. The van der Waals surface area contributed by atoms with Crippen molar-refractivity contribution in [3.63, 3.8) is 0 Å². The van der Waals surface area contributed by atoms with Gasteiger partial charge in [0.2, 0.25) is 0 Å². The van der Waals surface area contributed by atoms with Gasteiger partial charge < -0.3 is 23.8 Å². The minimum atomic E-state index is -0.358. The highest BCUT2D eigenvalue weighted by atomic mass is 16.5. The first kappa shape index (κ1) is 31.1. The SMILES string of the molecule is CCNC(=O)c1noc(-c2cc(C(C)C)c(OCc3ccccc3)cc2OCc2ccccc2)c1-c1cc(CN2CCCC2)no1. The maximum atomic E-state index is 13.3. The predicted molar refractivity (Wildman–Crippen MR) is 176 cm³/mol. The quantitative estimate of drug-likeness (QED) is 0.143. The zero-order valence-electron chi connectivity index (χ0n) is 26.6. The highest BCUT2D eigenvalue weighted by Crippen LogP contribution is 2.44. The molecule has 9 heteroatoms. The van der Waals surface area contributed by atoms with Gasteiger partial charge in [0.05, 0.1) is 11.3 Å². The summed E-state index contributed by atoms with van der Waals surface area (Å²) in [6.45, 7) is 9.99. The van der Waals surface area contributed by atoms with E-state index in [1.165, 1.54) is 12.8 Å². The summed E-state index contributed by atoms with van der Waals surface area (Å²) in [5, 5.41) is 11.5. The van der Waals surface area contributed by atoms with E-state index in [1.54, 1.807) is 0 Å². The van der Waals surface area contributed by atoms with Crippen molar-refractivity contribution < 1.29 is 23.3 Å². The molecule has 0 unspecified atom stereocenters. The van der Waals surface area contributed by atoms with Gasteiger partial charge in [0.15, 0.2) is 17.2 Å². The number of benzene rings is 3. The highest BCUT2D eigenvalue weighted by molar-refractivity contribution is 6.01. The largest absolute Gasteiger partial charge is 0.488 e. The van der Waals surface area contributed by atoms with Gasteiger partial charge in [-0.1, -0.05) is 84.8 Å². The topological polar surface area (TPSA) is 103 Å². The van der Waals surface area contributed by atoms with Crippen LogP contribution in [0.15, 0.2) is 87.9 Å². The summed E-state index contributed by atoms with van der Waals surface area (Å²) in [5.74, 6) is 1.78. The first-order valence-corrected chi connectivity index (χ1v) is 16.0. The molecule has 0 spiro atoms. The molecule has 6 rings (SSSR count). The van der Waals surface area contributed by atoms with Crippen molar-refractivity contribution in [1.82, 2.24) is 20.5 Å². The van der Waals surface area contributed by atoms with Crippen LogP contribution in [0.1, 0.15) is 72.4 Å². The number of ether oxygens (including phenoxy) is 2. The number of likely N-dealkylation sites (tertiary alicyclic amines) is 1. The number of amides is 1. The normalized spacial score (nSPS) is 13.3. The van der Waals surface area contributed by atoms with Gasteiger partial charge in [0.25, 0.3) is 5.91 Å². The number of nitrogens with one attached hydrogen (secondary N) is 1. The van der Waals surface area contributed by atoms with Gasteiger partial charge in [-0.25, -0.2) is 0 Å². The molecule has 46 heavy (non-hydrogen) atoms. The Morgan fingerprint density at radius 2 is 1.52 bits per heavy atom. The van der Waals surface area contributed by atoms with Crippen LogP contribution in [-0.2, 0) is 19.8 Å². The van der Waals surface area contributed by atoms with Crippen molar-refractivity contribution >= 4 is 5.91 Å². The zero-order chi connectivity index (χ0) is 31.9. The Balaban J connectivity index is 1.45. The van der Waals surface area contributed by atoms with E-state index in [2.05, 4.69) is 34.4 Å². The van der Waals surface area contributed by atoms with Gasteiger partial charge in [0.1, 0.15) is 30.3 Å². The fourth-order valence-electron chi connectivity index (χ4n) is 5.70. The number of nitrogens with zero attached hydrogens (tertiary/aromatic N) is 3. The molecule has 1 fully saturated rings. The monoisotopic (exact) mass is 620 g/mol. The lowest BCUT2D eigenvalue weighted by Crippen LogP contribution is -2.23. The van der Waals surface area contributed by atoms with Crippen LogP contribution in [-0.4, -0.2) is 40.8 Å². The van der Waals surface area contributed by atoms with E-state index in [4.69, 9.17) is 18.5 Å². The molecule has 3 heterocycles. The van der Waals surface area contributed by atoms with Crippen molar-refractivity contribution in [3.8, 4) is 34.1 Å². The lowest BCUT2D eigenvalue weighted by atomic mass is 9.95. The Morgan fingerprint density at radius 1 is 0.870 bits per heavy atom. The highest BCUT2D eigenvalue weighted by Gasteiger charge is 2.30. The van der Waals surface area contributed by atoms with Crippen molar-refractivity contribution in [2.24, 2.45) is 0 Å². The summed E-state index contributed by atoms with van der Waals surface area (Å²) in [6, 6.07) is 25.8. The lowest BCUT2D eigenvalue weighted by molar-refractivity contribution is 0.0947. The molecule has 3 aromatic carbocycles. The Morgan fingerprint density at radius 3 is 2.15 bits per heavy atom. The molecule has 0 atom stereocenters. The summed E-state index contributed by atoms with van der Waals surface area (Å²) in [5.41, 5.74) is 5.03. The number of hydrogen-bond donors (Lipinski definition) is 1. The van der Waals surface area contributed by atoms with Crippen LogP contribution in [0.5, 0.6) is 11.5 Å². The molecule has 9 nitrogen and oxygen atoms in total. The van der Waals surface area contributed by atoms with Crippen LogP contribution < -0.4 is 14.8 Å². The van der Waals surface area contributed by atoms with Crippen LogP contribution in [0.2, 0.25) is 0 Å². The van der Waals surface area contributed by atoms with Crippen molar-refractivity contribution in [1.29, 1.82) is 0 Å². The second-order valence-electron chi connectivity index (χ2n) is 11.8. The Labute approximate surface area is 269 Å². The molecule has 0 aliphatic carbocycles. The van der Waals surface area contributed by atoms with Crippen LogP contribution in [0, 0.1) is 0 Å². The standard InChI is InChI=1S/C37H40N4O5/c1-4-38-37(42)35-34(33-19-28(39-45-33)22-41-17-11-12-18-41)36(46-40-35)30-20-29(25(2)3)31(43-23-26-13-7-5-8-14-26)21-32(30)44-24-27-15-9-6-10-16-27/h5-10,13-16,19-21,25H,4,11-12,17-18,22-24H2,1-3H3,(H,38,42). The fraction of sp³-hybridized carbons (Fsp3) is 0.324. The third kappa shape index (κ3) is 7.15. The Bertz CT molecular complexity index is 1740. The van der Waals surface area contributed by atoms with E-state index in [-0.39, 0.29) is 17.5 Å². The molecule has 0 bridgehead atoms. The molecule has 238 valence electrons. The van der Waals surface area contributed by atoms with E-state index >= 15 is 0 Å². The van der Waals surface area contributed by atoms with E-state index in [1.807, 2.05) is 85.8 Å². The van der Waals surface area contributed by atoms with Gasteiger partial charge in [0, 0.05) is 25.2 Å². The Kier molecular flexibility index (Phi) is 9.79. The second kappa shape index (κ2) is 14.5. The molecule has 1 saturated heterocycles. The molecular weight excluding hydrogens is 580 g/mol.